The second-order valence-corrected chi connectivity index (χ2v) is 3.46. The summed E-state index contributed by atoms with van der Waals surface area (Å²) in [5, 5.41) is 1.41. The summed E-state index contributed by atoms with van der Waals surface area (Å²) >= 11 is 0. The molecular formula is C12H7F4NO3. The molecule has 0 spiro atoms. The van der Waals surface area contributed by atoms with Gasteiger partial charge in [-0.05, 0) is 12.1 Å². The minimum atomic E-state index is -5.18. The summed E-state index contributed by atoms with van der Waals surface area (Å²) < 4.78 is 54.0. The first kappa shape index (κ1) is 15.5. The zero-order chi connectivity index (χ0) is 15.5. The number of halogens is 4. The van der Waals surface area contributed by atoms with Gasteiger partial charge in [0.1, 0.15) is 5.82 Å². The van der Waals surface area contributed by atoms with Gasteiger partial charge in [-0.2, -0.15) is 13.2 Å². The van der Waals surface area contributed by atoms with E-state index in [0.29, 0.717) is 12.1 Å². The van der Waals surface area contributed by atoms with Gasteiger partial charge in [0, 0.05) is 0 Å². The van der Waals surface area contributed by atoms with E-state index in [-0.39, 0.29) is 0 Å². The Hall–Kier alpha value is -2.56. The molecule has 1 amide bonds. The summed E-state index contributed by atoms with van der Waals surface area (Å²) in [5.74, 6) is -2.52. The number of nitrogens with one attached hydrogen (secondary N) is 1. The first-order valence-corrected chi connectivity index (χ1v) is 4.97. The van der Waals surface area contributed by atoms with Crippen LogP contribution in [0.4, 0.5) is 23.2 Å². The van der Waals surface area contributed by atoms with Crippen LogP contribution in [-0.4, -0.2) is 25.2 Å². The highest BCUT2D eigenvalue weighted by molar-refractivity contribution is 6.00. The fraction of sp³-hybridized carbons (Fsp3) is 0.167. The number of hydrogen-bond acceptors (Lipinski definition) is 3. The molecule has 0 aromatic heterocycles. The Labute approximate surface area is 110 Å². The van der Waals surface area contributed by atoms with Crippen LogP contribution in [0.1, 0.15) is 15.9 Å². The minimum Gasteiger partial charge on any atom is -0.465 e. The molecule has 1 aromatic carbocycles. The zero-order valence-electron chi connectivity index (χ0n) is 9.97. The maximum absolute atomic E-state index is 13.3. The molecule has 0 unspecified atom stereocenters. The third kappa shape index (κ3) is 3.26. The Morgan fingerprint density at radius 1 is 1.35 bits per heavy atom. The Morgan fingerprint density at radius 3 is 2.40 bits per heavy atom. The molecular weight excluding hydrogens is 282 g/mol. The number of rotatable bonds is 2. The molecule has 0 radical (unpaired) electrons. The molecule has 0 aliphatic rings. The van der Waals surface area contributed by atoms with Crippen molar-refractivity contribution in [3.63, 3.8) is 0 Å². The number of ether oxygens (including phenoxy) is 1. The van der Waals surface area contributed by atoms with E-state index in [0.717, 1.165) is 7.11 Å². The molecule has 0 heterocycles. The molecule has 0 aliphatic heterocycles. The molecule has 0 atom stereocenters. The van der Waals surface area contributed by atoms with Gasteiger partial charge < -0.3 is 10.1 Å². The second-order valence-electron chi connectivity index (χ2n) is 3.46. The van der Waals surface area contributed by atoms with Crippen LogP contribution in [0.2, 0.25) is 0 Å². The van der Waals surface area contributed by atoms with Crippen molar-refractivity contribution in [2.75, 3.05) is 12.4 Å². The van der Waals surface area contributed by atoms with Crippen LogP contribution >= 0.6 is 0 Å². The summed E-state index contributed by atoms with van der Waals surface area (Å²) in [4.78, 5) is 22.2. The molecule has 1 rings (SSSR count). The van der Waals surface area contributed by atoms with Gasteiger partial charge in [-0.1, -0.05) is 5.92 Å². The summed E-state index contributed by atoms with van der Waals surface area (Å²) in [6, 6.07) is 1.27. The first-order valence-electron chi connectivity index (χ1n) is 4.97. The highest BCUT2D eigenvalue weighted by Gasteiger charge is 2.39. The molecule has 8 heteroatoms. The van der Waals surface area contributed by atoms with Gasteiger partial charge in [-0.15, -0.1) is 6.42 Å². The Morgan fingerprint density at radius 2 is 1.95 bits per heavy atom. The Balaban J connectivity index is 3.34. The van der Waals surface area contributed by atoms with E-state index in [1.165, 1.54) is 5.32 Å². The molecule has 1 aromatic rings. The van der Waals surface area contributed by atoms with E-state index >= 15 is 0 Å². The van der Waals surface area contributed by atoms with Crippen LogP contribution in [0.15, 0.2) is 12.1 Å². The highest BCUT2D eigenvalue weighted by Crippen LogP contribution is 2.25. The van der Waals surface area contributed by atoms with Crippen LogP contribution in [-0.2, 0) is 9.53 Å². The number of amides is 1. The number of hydrogen-bond donors (Lipinski definition) is 1. The lowest BCUT2D eigenvalue weighted by Gasteiger charge is -2.12. The van der Waals surface area contributed by atoms with Crippen molar-refractivity contribution >= 4 is 17.6 Å². The zero-order valence-corrected chi connectivity index (χ0v) is 9.97. The molecule has 4 nitrogen and oxygen atoms in total. The number of methoxy groups -OCH3 is 1. The van der Waals surface area contributed by atoms with Crippen LogP contribution < -0.4 is 5.32 Å². The SMILES string of the molecule is C#Cc1c(NC(=O)C(F)(F)F)cc(F)cc1C(=O)OC. The van der Waals surface area contributed by atoms with Crippen LogP contribution in [0.25, 0.3) is 0 Å². The van der Waals surface area contributed by atoms with Gasteiger partial charge in [-0.25, -0.2) is 9.18 Å². The van der Waals surface area contributed by atoms with Crippen molar-refractivity contribution in [1.82, 2.24) is 0 Å². The average Bonchev–Trinajstić information content (AvgIpc) is 2.36. The maximum Gasteiger partial charge on any atom is 0.471 e. The molecule has 0 saturated carbocycles. The van der Waals surface area contributed by atoms with E-state index in [1.54, 1.807) is 0 Å². The standard InChI is InChI=1S/C12H7F4NO3/c1-3-7-8(10(18)20-2)4-6(13)5-9(7)17-11(19)12(14,15)16/h1,4-5H,2H3,(H,17,19). The Bertz CT molecular complexity index is 602. The lowest BCUT2D eigenvalue weighted by atomic mass is 10.1. The smallest absolute Gasteiger partial charge is 0.465 e. The fourth-order valence-corrected chi connectivity index (χ4v) is 1.33. The molecule has 0 aliphatic carbocycles. The van der Waals surface area contributed by atoms with Crippen molar-refractivity contribution in [2.24, 2.45) is 0 Å². The largest absolute Gasteiger partial charge is 0.471 e. The molecule has 0 saturated heterocycles. The van der Waals surface area contributed by atoms with E-state index in [4.69, 9.17) is 6.42 Å². The number of benzene rings is 1. The normalized spacial score (nSPS) is 10.6. The number of esters is 1. The van der Waals surface area contributed by atoms with Crippen molar-refractivity contribution in [1.29, 1.82) is 0 Å². The second kappa shape index (κ2) is 5.61. The van der Waals surface area contributed by atoms with Crippen molar-refractivity contribution in [2.45, 2.75) is 6.18 Å². The van der Waals surface area contributed by atoms with Crippen molar-refractivity contribution < 1.29 is 31.9 Å². The molecule has 0 fully saturated rings. The van der Waals surface area contributed by atoms with Gasteiger partial charge >= 0.3 is 18.1 Å². The van der Waals surface area contributed by atoms with Crippen LogP contribution in [0, 0.1) is 18.2 Å². The fourth-order valence-electron chi connectivity index (χ4n) is 1.33. The Kier molecular flexibility index (Phi) is 4.34. The third-order valence-electron chi connectivity index (χ3n) is 2.16. The third-order valence-corrected chi connectivity index (χ3v) is 2.16. The average molecular weight is 289 g/mol. The number of terminal acetylenes is 1. The summed E-state index contributed by atoms with van der Waals surface area (Å²) in [7, 11) is 0.988. The van der Waals surface area contributed by atoms with Gasteiger partial charge in [0.2, 0.25) is 0 Å². The van der Waals surface area contributed by atoms with Gasteiger partial charge in [0.05, 0.1) is 23.9 Å². The number of carbonyl (C=O) groups is 2. The highest BCUT2D eigenvalue weighted by atomic mass is 19.4. The summed E-state index contributed by atoms with van der Waals surface area (Å²) in [6.07, 6.45) is -0.111. The summed E-state index contributed by atoms with van der Waals surface area (Å²) in [5.41, 5.74) is -1.52. The first-order chi connectivity index (χ1) is 9.20. The molecule has 106 valence electrons. The van der Waals surface area contributed by atoms with Gasteiger partial charge in [0.25, 0.3) is 0 Å². The quantitative estimate of drug-likeness (QED) is 0.515. The van der Waals surface area contributed by atoms with Gasteiger partial charge in [-0.3, -0.25) is 4.79 Å². The lowest BCUT2D eigenvalue weighted by Crippen LogP contribution is -2.30. The minimum absolute atomic E-state index is 0.407. The predicted molar refractivity (Wildman–Crippen MR) is 60.4 cm³/mol. The number of alkyl halides is 3. The topological polar surface area (TPSA) is 55.4 Å². The van der Waals surface area contributed by atoms with Crippen LogP contribution in [0.5, 0.6) is 0 Å². The van der Waals surface area contributed by atoms with E-state index < -0.39 is 40.7 Å². The van der Waals surface area contributed by atoms with E-state index in [9.17, 15) is 27.2 Å². The number of anilines is 1. The lowest BCUT2D eigenvalue weighted by molar-refractivity contribution is -0.167. The van der Waals surface area contributed by atoms with E-state index in [2.05, 4.69) is 4.74 Å². The van der Waals surface area contributed by atoms with Crippen LogP contribution in [0.3, 0.4) is 0 Å². The number of carbonyl (C=O) groups excluding carboxylic acids is 2. The predicted octanol–water partition coefficient (Wildman–Crippen LogP) is 2.09. The van der Waals surface area contributed by atoms with Crippen molar-refractivity contribution in [3.8, 4) is 12.3 Å². The summed E-state index contributed by atoms with van der Waals surface area (Å²) in [6.45, 7) is 0. The van der Waals surface area contributed by atoms with Gasteiger partial charge in [0.15, 0.2) is 0 Å². The van der Waals surface area contributed by atoms with Crippen molar-refractivity contribution in [3.05, 3.63) is 29.1 Å². The van der Waals surface area contributed by atoms with E-state index in [1.807, 2.05) is 5.92 Å². The molecule has 1 N–H and O–H groups in total. The maximum atomic E-state index is 13.3. The monoisotopic (exact) mass is 289 g/mol. The molecule has 20 heavy (non-hydrogen) atoms. The molecule has 0 bridgehead atoms.